The summed E-state index contributed by atoms with van der Waals surface area (Å²) in [4.78, 5) is 6.05. The molecule has 1 aliphatic rings. The minimum Gasteiger partial charge on any atom is -0.393 e. The molecule has 1 heterocycles. The van der Waals surface area contributed by atoms with Gasteiger partial charge >= 0.3 is 0 Å². The Kier molecular flexibility index (Phi) is 3.42. The maximum Gasteiger partial charge on any atom is 0.0928 e. The van der Waals surface area contributed by atoms with Gasteiger partial charge in [0.05, 0.1) is 16.8 Å². The number of aromatic nitrogens is 1. The van der Waals surface area contributed by atoms with Gasteiger partial charge in [-0.3, -0.25) is 0 Å². The third-order valence-electron chi connectivity index (χ3n) is 3.25. The molecule has 1 fully saturated rings. The summed E-state index contributed by atoms with van der Waals surface area (Å²) in [5, 5.41) is 10.7. The highest BCUT2D eigenvalue weighted by Gasteiger charge is 2.24. The number of hydrogen-bond donors (Lipinski definition) is 1. The number of aryl methyl sites for hydroxylation is 2. The number of aliphatic hydroxyl groups excluding tert-OH is 1. The average molecular weight is 225 g/mol. The molecule has 0 bridgehead atoms. The van der Waals surface area contributed by atoms with Crippen LogP contribution in [-0.2, 0) is 6.42 Å². The molecule has 0 aromatic carbocycles. The molecule has 0 radical (unpaired) electrons. The van der Waals surface area contributed by atoms with Gasteiger partial charge in [-0.2, -0.15) is 0 Å². The highest BCUT2D eigenvalue weighted by molar-refractivity contribution is 7.11. The molecule has 15 heavy (non-hydrogen) atoms. The van der Waals surface area contributed by atoms with Gasteiger partial charge in [0, 0.05) is 4.88 Å². The summed E-state index contributed by atoms with van der Waals surface area (Å²) in [6.07, 6.45) is 5.18. The van der Waals surface area contributed by atoms with Gasteiger partial charge in [-0.1, -0.05) is 6.92 Å². The largest absolute Gasteiger partial charge is 0.393 e. The Labute approximate surface area is 95.4 Å². The van der Waals surface area contributed by atoms with Crippen LogP contribution in [0.3, 0.4) is 0 Å². The van der Waals surface area contributed by atoms with Crippen molar-refractivity contribution in [2.45, 2.75) is 58.0 Å². The summed E-state index contributed by atoms with van der Waals surface area (Å²) in [6.45, 7) is 4.28. The second-order valence-corrected chi connectivity index (χ2v) is 5.53. The molecule has 2 nitrogen and oxygen atoms in total. The second kappa shape index (κ2) is 4.62. The smallest absolute Gasteiger partial charge is 0.0928 e. The lowest BCUT2D eigenvalue weighted by Crippen LogP contribution is -2.16. The van der Waals surface area contributed by atoms with Crippen molar-refractivity contribution in [1.82, 2.24) is 4.98 Å². The summed E-state index contributed by atoms with van der Waals surface area (Å²) >= 11 is 1.87. The molecule has 1 aromatic heterocycles. The first-order valence-electron chi connectivity index (χ1n) is 5.85. The molecule has 84 valence electrons. The highest BCUT2D eigenvalue weighted by Crippen LogP contribution is 2.37. The van der Waals surface area contributed by atoms with E-state index in [4.69, 9.17) is 0 Å². The Bertz CT molecular complexity index is 326. The van der Waals surface area contributed by atoms with Gasteiger partial charge in [0.2, 0.25) is 0 Å². The number of thiazole rings is 1. The van der Waals surface area contributed by atoms with Gasteiger partial charge < -0.3 is 5.11 Å². The summed E-state index contributed by atoms with van der Waals surface area (Å²) < 4.78 is 0. The van der Waals surface area contributed by atoms with E-state index in [-0.39, 0.29) is 6.10 Å². The van der Waals surface area contributed by atoms with Crippen LogP contribution in [0.25, 0.3) is 0 Å². The van der Waals surface area contributed by atoms with Crippen LogP contribution in [0.5, 0.6) is 0 Å². The van der Waals surface area contributed by atoms with Gasteiger partial charge in [-0.15, -0.1) is 11.3 Å². The standard InChI is InChI=1S/C12H19NOS/c1-3-11-13-8(2)12(15-11)9-4-6-10(14)7-5-9/h9-10,14H,3-7H2,1-2H3. The van der Waals surface area contributed by atoms with Crippen LogP contribution in [0.15, 0.2) is 0 Å². The van der Waals surface area contributed by atoms with Crippen LogP contribution in [0, 0.1) is 6.92 Å². The Hall–Kier alpha value is -0.410. The molecule has 2 rings (SSSR count). The Morgan fingerprint density at radius 2 is 2.00 bits per heavy atom. The predicted octanol–water partition coefficient (Wildman–Crippen LogP) is 3.03. The summed E-state index contributed by atoms with van der Waals surface area (Å²) in [5.41, 5.74) is 1.22. The molecule has 0 spiro atoms. The zero-order valence-electron chi connectivity index (χ0n) is 9.49. The summed E-state index contributed by atoms with van der Waals surface area (Å²) in [7, 11) is 0. The fraction of sp³-hybridized carbons (Fsp3) is 0.750. The summed E-state index contributed by atoms with van der Waals surface area (Å²) in [5.74, 6) is 0.659. The van der Waals surface area contributed by atoms with E-state index in [9.17, 15) is 5.11 Å². The van der Waals surface area contributed by atoms with Gasteiger partial charge in [0.25, 0.3) is 0 Å². The van der Waals surface area contributed by atoms with Gasteiger partial charge in [0.15, 0.2) is 0 Å². The zero-order chi connectivity index (χ0) is 10.8. The Balaban J connectivity index is 2.11. The van der Waals surface area contributed by atoms with E-state index in [1.54, 1.807) is 0 Å². The highest BCUT2D eigenvalue weighted by atomic mass is 32.1. The molecule has 0 unspecified atom stereocenters. The third-order valence-corrected chi connectivity index (χ3v) is 4.71. The van der Waals surface area contributed by atoms with Crippen LogP contribution < -0.4 is 0 Å². The molecule has 1 aromatic rings. The Morgan fingerprint density at radius 3 is 2.53 bits per heavy atom. The molecular weight excluding hydrogens is 206 g/mol. The van der Waals surface area contributed by atoms with E-state index in [0.29, 0.717) is 5.92 Å². The Morgan fingerprint density at radius 1 is 1.33 bits per heavy atom. The topological polar surface area (TPSA) is 33.1 Å². The van der Waals surface area contributed by atoms with E-state index in [2.05, 4.69) is 18.8 Å². The van der Waals surface area contributed by atoms with Gasteiger partial charge in [0.1, 0.15) is 0 Å². The van der Waals surface area contributed by atoms with Crippen LogP contribution in [0.2, 0.25) is 0 Å². The molecule has 0 saturated heterocycles. The maximum absolute atomic E-state index is 9.48. The van der Waals surface area contributed by atoms with Crippen LogP contribution in [0.1, 0.15) is 54.1 Å². The SMILES string of the molecule is CCc1nc(C)c(C2CCC(O)CC2)s1. The van der Waals surface area contributed by atoms with Crippen molar-refractivity contribution in [3.05, 3.63) is 15.6 Å². The molecule has 0 amide bonds. The van der Waals surface area contributed by atoms with Crippen LogP contribution >= 0.6 is 11.3 Å². The van der Waals surface area contributed by atoms with Crippen molar-refractivity contribution >= 4 is 11.3 Å². The van der Waals surface area contributed by atoms with E-state index in [1.165, 1.54) is 15.6 Å². The lowest BCUT2D eigenvalue weighted by atomic mass is 9.86. The fourth-order valence-electron chi connectivity index (χ4n) is 2.33. The molecule has 1 N–H and O–H groups in total. The molecule has 3 heteroatoms. The van der Waals surface area contributed by atoms with Crippen LogP contribution in [0.4, 0.5) is 0 Å². The molecule has 1 saturated carbocycles. The summed E-state index contributed by atoms with van der Waals surface area (Å²) in [6, 6.07) is 0. The van der Waals surface area contributed by atoms with Crippen molar-refractivity contribution in [2.75, 3.05) is 0 Å². The van der Waals surface area contributed by atoms with E-state index >= 15 is 0 Å². The van der Waals surface area contributed by atoms with Gasteiger partial charge in [-0.05, 0) is 44.9 Å². The normalized spacial score (nSPS) is 26.9. The van der Waals surface area contributed by atoms with Crippen molar-refractivity contribution in [3.8, 4) is 0 Å². The van der Waals surface area contributed by atoms with Gasteiger partial charge in [-0.25, -0.2) is 4.98 Å². The first-order valence-corrected chi connectivity index (χ1v) is 6.66. The number of nitrogens with zero attached hydrogens (tertiary/aromatic N) is 1. The number of hydrogen-bond acceptors (Lipinski definition) is 3. The maximum atomic E-state index is 9.48. The lowest BCUT2D eigenvalue weighted by Gasteiger charge is -2.24. The average Bonchev–Trinajstić information content (AvgIpc) is 2.61. The van der Waals surface area contributed by atoms with Crippen molar-refractivity contribution in [1.29, 1.82) is 0 Å². The molecule has 1 aliphatic carbocycles. The van der Waals surface area contributed by atoms with E-state index in [0.717, 1.165) is 32.1 Å². The van der Waals surface area contributed by atoms with Crippen LogP contribution in [-0.4, -0.2) is 16.2 Å². The third kappa shape index (κ3) is 2.40. The second-order valence-electron chi connectivity index (χ2n) is 4.42. The lowest BCUT2D eigenvalue weighted by molar-refractivity contribution is 0.123. The monoisotopic (exact) mass is 225 g/mol. The zero-order valence-corrected chi connectivity index (χ0v) is 10.3. The van der Waals surface area contributed by atoms with E-state index < -0.39 is 0 Å². The minimum atomic E-state index is -0.0554. The molecular formula is C12H19NOS. The number of aliphatic hydroxyl groups is 1. The molecule has 0 atom stereocenters. The first kappa shape index (κ1) is 11.1. The fourth-order valence-corrected chi connectivity index (χ4v) is 3.51. The van der Waals surface area contributed by atoms with E-state index in [1.807, 2.05) is 11.3 Å². The minimum absolute atomic E-state index is 0.0554. The predicted molar refractivity (Wildman–Crippen MR) is 63.4 cm³/mol. The van der Waals surface area contributed by atoms with Crippen molar-refractivity contribution in [2.24, 2.45) is 0 Å². The number of rotatable bonds is 2. The van der Waals surface area contributed by atoms with Crippen molar-refractivity contribution in [3.63, 3.8) is 0 Å². The van der Waals surface area contributed by atoms with Crippen molar-refractivity contribution < 1.29 is 5.11 Å². The first-order chi connectivity index (χ1) is 7.20. The quantitative estimate of drug-likeness (QED) is 0.839. The molecule has 0 aliphatic heterocycles.